The molecule has 0 fully saturated rings. The maximum Gasteiger partial charge on any atom is 0.119 e. The number of aromatic nitrogens is 2. The van der Waals surface area contributed by atoms with Crippen molar-refractivity contribution >= 4 is 0 Å². The molecule has 0 amide bonds. The third-order valence-corrected chi connectivity index (χ3v) is 3.40. The number of hydrogen-bond donors (Lipinski definition) is 1. The zero-order chi connectivity index (χ0) is 13.8. The Morgan fingerprint density at radius 2 is 2.00 bits per heavy atom. The highest BCUT2D eigenvalue weighted by molar-refractivity contribution is 5.30. The lowest BCUT2D eigenvalue weighted by atomic mass is 10.1. The lowest BCUT2D eigenvalue weighted by Crippen LogP contribution is -2.24. The predicted octanol–water partition coefficient (Wildman–Crippen LogP) is 2.84. The third-order valence-electron chi connectivity index (χ3n) is 3.40. The van der Waals surface area contributed by atoms with Crippen LogP contribution in [0.2, 0.25) is 0 Å². The summed E-state index contributed by atoms with van der Waals surface area (Å²) in [5.41, 5.74) is 2.39. The minimum atomic E-state index is 0.244. The van der Waals surface area contributed by atoms with Crippen LogP contribution in [-0.2, 0) is 7.05 Å². The van der Waals surface area contributed by atoms with Gasteiger partial charge in [-0.1, -0.05) is 12.1 Å². The number of ether oxygens (including phenoxy) is 1. The van der Waals surface area contributed by atoms with Crippen LogP contribution < -0.4 is 10.1 Å². The van der Waals surface area contributed by atoms with Gasteiger partial charge in [0.1, 0.15) is 5.75 Å². The lowest BCUT2D eigenvalue weighted by molar-refractivity contribution is 0.412. The van der Waals surface area contributed by atoms with Crippen LogP contribution in [0.1, 0.15) is 37.2 Å². The summed E-state index contributed by atoms with van der Waals surface area (Å²) in [6, 6.07) is 10.7. The minimum absolute atomic E-state index is 0.244. The van der Waals surface area contributed by atoms with Crippen LogP contribution in [0.5, 0.6) is 5.75 Å². The smallest absolute Gasteiger partial charge is 0.119 e. The maximum atomic E-state index is 5.26. The van der Waals surface area contributed by atoms with Crippen molar-refractivity contribution in [2.24, 2.45) is 7.05 Å². The molecule has 0 saturated carbocycles. The van der Waals surface area contributed by atoms with Crippen molar-refractivity contribution < 1.29 is 4.74 Å². The highest BCUT2D eigenvalue weighted by Gasteiger charge is 2.13. The monoisotopic (exact) mass is 259 g/mol. The highest BCUT2D eigenvalue weighted by Crippen LogP contribution is 2.22. The van der Waals surface area contributed by atoms with Gasteiger partial charge < -0.3 is 10.1 Å². The summed E-state index contributed by atoms with van der Waals surface area (Å²) in [4.78, 5) is 0. The predicted molar refractivity (Wildman–Crippen MR) is 76.2 cm³/mol. The first-order chi connectivity index (χ1) is 9.11. The number of nitrogens with one attached hydrogen (secondary N) is 1. The first-order valence-electron chi connectivity index (χ1n) is 6.49. The first-order valence-corrected chi connectivity index (χ1v) is 6.49. The average molecular weight is 259 g/mol. The highest BCUT2D eigenvalue weighted by atomic mass is 16.5. The molecule has 19 heavy (non-hydrogen) atoms. The van der Waals surface area contributed by atoms with Gasteiger partial charge in [0.15, 0.2) is 0 Å². The van der Waals surface area contributed by atoms with Gasteiger partial charge in [-0.15, -0.1) is 0 Å². The molecule has 0 aliphatic rings. The van der Waals surface area contributed by atoms with E-state index in [1.165, 1.54) is 11.3 Å². The molecule has 0 spiro atoms. The molecule has 2 aromatic rings. The van der Waals surface area contributed by atoms with E-state index in [2.05, 4.69) is 36.4 Å². The van der Waals surface area contributed by atoms with E-state index in [1.807, 2.05) is 36.1 Å². The molecule has 4 nitrogen and oxygen atoms in total. The number of methoxy groups -OCH3 is 1. The second kappa shape index (κ2) is 5.89. The van der Waals surface area contributed by atoms with Gasteiger partial charge in [-0.25, -0.2) is 0 Å². The molecule has 102 valence electrons. The normalized spacial score (nSPS) is 14.1. The Kier molecular flexibility index (Phi) is 4.22. The lowest BCUT2D eigenvalue weighted by Gasteiger charge is -2.21. The summed E-state index contributed by atoms with van der Waals surface area (Å²) in [5.74, 6) is 0.888. The molecule has 1 aromatic carbocycles. The molecular formula is C15H21N3O. The van der Waals surface area contributed by atoms with Gasteiger partial charge >= 0.3 is 0 Å². The fraction of sp³-hybridized carbons (Fsp3) is 0.400. The molecule has 2 atom stereocenters. The molecule has 1 heterocycles. The maximum absolute atomic E-state index is 5.26. The van der Waals surface area contributed by atoms with Gasteiger partial charge in [0.2, 0.25) is 0 Å². The Bertz CT molecular complexity index is 536. The van der Waals surface area contributed by atoms with E-state index in [9.17, 15) is 0 Å². The fourth-order valence-corrected chi connectivity index (χ4v) is 2.28. The molecule has 0 bridgehead atoms. The van der Waals surface area contributed by atoms with Crippen molar-refractivity contribution in [1.82, 2.24) is 15.1 Å². The molecule has 0 saturated heterocycles. The molecule has 0 aliphatic carbocycles. The quantitative estimate of drug-likeness (QED) is 0.897. The van der Waals surface area contributed by atoms with E-state index in [4.69, 9.17) is 4.74 Å². The summed E-state index contributed by atoms with van der Waals surface area (Å²) in [6.07, 6.45) is 1.82. The zero-order valence-electron chi connectivity index (χ0n) is 11.9. The fourth-order valence-electron chi connectivity index (χ4n) is 2.28. The molecular weight excluding hydrogens is 238 g/mol. The van der Waals surface area contributed by atoms with E-state index in [1.54, 1.807) is 7.11 Å². The average Bonchev–Trinajstić information content (AvgIpc) is 2.85. The van der Waals surface area contributed by atoms with E-state index < -0.39 is 0 Å². The molecule has 0 aliphatic heterocycles. The molecule has 1 N–H and O–H groups in total. The van der Waals surface area contributed by atoms with Gasteiger partial charge in [-0.3, -0.25) is 4.68 Å². The largest absolute Gasteiger partial charge is 0.497 e. The molecule has 2 unspecified atom stereocenters. The Balaban J connectivity index is 2.08. The van der Waals surface area contributed by atoms with E-state index in [-0.39, 0.29) is 12.1 Å². The van der Waals surface area contributed by atoms with Gasteiger partial charge in [-0.05, 0) is 37.6 Å². The van der Waals surface area contributed by atoms with Crippen molar-refractivity contribution in [2.45, 2.75) is 25.9 Å². The van der Waals surface area contributed by atoms with Crippen LogP contribution in [0.15, 0.2) is 36.5 Å². The number of rotatable bonds is 5. The van der Waals surface area contributed by atoms with Crippen LogP contribution in [-0.4, -0.2) is 16.9 Å². The van der Waals surface area contributed by atoms with Crippen molar-refractivity contribution in [1.29, 1.82) is 0 Å². The standard InChI is InChI=1S/C15H21N3O/c1-11(13-6-5-7-14(10-13)19-4)17-12(2)15-8-9-16-18(15)3/h5-12,17H,1-4H3. The van der Waals surface area contributed by atoms with Crippen molar-refractivity contribution in [3.05, 3.63) is 47.8 Å². The summed E-state index contributed by atoms with van der Waals surface area (Å²) in [5, 5.41) is 7.78. The van der Waals surface area contributed by atoms with Crippen molar-refractivity contribution in [2.75, 3.05) is 7.11 Å². The van der Waals surface area contributed by atoms with Crippen molar-refractivity contribution in [3.63, 3.8) is 0 Å². The second-order valence-electron chi connectivity index (χ2n) is 4.77. The van der Waals surface area contributed by atoms with Gasteiger partial charge in [0.05, 0.1) is 12.8 Å². The molecule has 1 aromatic heterocycles. The number of benzene rings is 1. The topological polar surface area (TPSA) is 39.1 Å². The van der Waals surface area contributed by atoms with Gasteiger partial charge in [0, 0.05) is 25.3 Å². The summed E-state index contributed by atoms with van der Waals surface area (Å²) in [7, 11) is 3.65. The molecule has 0 radical (unpaired) electrons. The first kappa shape index (κ1) is 13.6. The van der Waals surface area contributed by atoms with Gasteiger partial charge in [0.25, 0.3) is 0 Å². The van der Waals surface area contributed by atoms with Gasteiger partial charge in [-0.2, -0.15) is 5.10 Å². The Labute approximate surface area is 114 Å². The van der Waals surface area contributed by atoms with Crippen LogP contribution >= 0.6 is 0 Å². The number of aryl methyl sites for hydroxylation is 1. The third kappa shape index (κ3) is 3.15. The number of hydrogen-bond acceptors (Lipinski definition) is 3. The summed E-state index contributed by atoms with van der Waals surface area (Å²) in [6.45, 7) is 4.30. The number of nitrogens with zero attached hydrogens (tertiary/aromatic N) is 2. The Hall–Kier alpha value is -1.81. The Morgan fingerprint density at radius 3 is 2.63 bits per heavy atom. The SMILES string of the molecule is COc1cccc(C(C)NC(C)c2ccnn2C)c1. The van der Waals surface area contributed by atoms with Crippen molar-refractivity contribution in [3.8, 4) is 5.75 Å². The van der Waals surface area contributed by atoms with E-state index in [0.717, 1.165) is 5.75 Å². The molecule has 4 heteroatoms. The summed E-state index contributed by atoms with van der Waals surface area (Å²) < 4.78 is 7.16. The van der Waals surface area contributed by atoms with E-state index in [0.29, 0.717) is 0 Å². The van der Waals surface area contributed by atoms with Crippen LogP contribution in [0, 0.1) is 0 Å². The van der Waals surface area contributed by atoms with E-state index >= 15 is 0 Å². The van der Waals surface area contributed by atoms with Crippen LogP contribution in [0.3, 0.4) is 0 Å². The second-order valence-corrected chi connectivity index (χ2v) is 4.77. The summed E-state index contributed by atoms with van der Waals surface area (Å²) >= 11 is 0. The zero-order valence-corrected chi connectivity index (χ0v) is 11.9. The van der Waals surface area contributed by atoms with Crippen LogP contribution in [0.25, 0.3) is 0 Å². The Morgan fingerprint density at radius 1 is 1.21 bits per heavy atom. The molecule has 2 rings (SSSR count). The minimum Gasteiger partial charge on any atom is -0.497 e. The van der Waals surface area contributed by atoms with Crippen LogP contribution in [0.4, 0.5) is 0 Å².